The van der Waals surface area contributed by atoms with E-state index in [2.05, 4.69) is 34.3 Å². The molecule has 0 aliphatic heterocycles. The Morgan fingerprint density at radius 2 is 2.22 bits per heavy atom. The fraction of sp³-hybridized carbons (Fsp3) is 0.462. The van der Waals surface area contributed by atoms with E-state index in [1.165, 1.54) is 0 Å². The molecule has 0 unspecified atom stereocenters. The average Bonchev–Trinajstić information content (AvgIpc) is 2.78. The highest BCUT2D eigenvalue weighted by Gasteiger charge is 2.10. The minimum Gasteiger partial charge on any atom is -0.338 e. The van der Waals surface area contributed by atoms with Crippen LogP contribution in [0.5, 0.6) is 0 Å². The zero-order chi connectivity index (χ0) is 13.0. The Hall–Kier alpha value is -1.75. The molecular weight excluding hydrogens is 228 g/mol. The number of hydrogen-bond acceptors (Lipinski definition) is 5. The van der Waals surface area contributed by atoms with Gasteiger partial charge in [-0.1, -0.05) is 19.0 Å². The lowest BCUT2D eigenvalue weighted by Crippen LogP contribution is -2.19. The molecule has 0 fully saturated rings. The maximum absolute atomic E-state index is 5.21. The molecule has 0 aliphatic carbocycles. The molecule has 2 aromatic rings. The molecule has 0 saturated carbocycles. The van der Waals surface area contributed by atoms with Crippen molar-refractivity contribution in [3.05, 3.63) is 29.9 Å². The molecule has 2 aromatic heterocycles. The summed E-state index contributed by atoms with van der Waals surface area (Å²) in [5.74, 6) is 1.84. The first-order valence-corrected chi connectivity index (χ1v) is 6.11. The van der Waals surface area contributed by atoms with Crippen molar-refractivity contribution in [1.82, 2.24) is 20.4 Å². The van der Waals surface area contributed by atoms with Crippen molar-refractivity contribution in [3.8, 4) is 11.4 Å². The lowest BCUT2D eigenvalue weighted by molar-refractivity contribution is 0.364. The van der Waals surface area contributed by atoms with Gasteiger partial charge in [-0.15, -0.1) is 0 Å². The van der Waals surface area contributed by atoms with E-state index in [1.54, 1.807) is 12.4 Å². The molecule has 0 radical (unpaired) electrons. The SMILES string of the molecule is Cc1cnccc1-c1noc(CNCC(C)C)n1. The summed E-state index contributed by atoms with van der Waals surface area (Å²) < 4.78 is 5.21. The molecule has 0 spiro atoms. The standard InChI is InChI=1S/C13H18N4O/c1-9(2)6-15-8-12-16-13(17-18-12)11-4-5-14-7-10(11)3/h4-5,7,9,15H,6,8H2,1-3H3. The number of pyridine rings is 1. The molecule has 2 heterocycles. The topological polar surface area (TPSA) is 63.8 Å². The lowest BCUT2D eigenvalue weighted by atomic mass is 10.1. The molecule has 18 heavy (non-hydrogen) atoms. The number of aromatic nitrogens is 3. The van der Waals surface area contributed by atoms with Gasteiger partial charge < -0.3 is 9.84 Å². The third-order valence-electron chi connectivity index (χ3n) is 2.56. The van der Waals surface area contributed by atoms with Crippen LogP contribution in [0.25, 0.3) is 11.4 Å². The first kappa shape index (κ1) is 12.7. The van der Waals surface area contributed by atoms with E-state index < -0.39 is 0 Å². The van der Waals surface area contributed by atoms with Gasteiger partial charge in [-0.2, -0.15) is 4.98 Å². The van der Waals surface area contributed by atoms with Crippen molar-refractivity contribution in [2.75, 3.05) is 6.54 Å². The first-order valence-electron chi connectivity index (χ1n) is 6.11. The average molecular weight is 246 g/mol. The molecule has 5 heteroatoms. The Kier molecular flexibility index (Phi) is 4.04. The van der Waals surface area contributed by atoms with Crippen LogP contribution in [0, 0.1) is 12.8 Å². The summed E-state index contributed by atoms with van der Waals surface area (Å²) in [6.07, 6.45) is 3.53. The van der Waals surface area contributed by atoms with Gasteiger partial charge in [0.2, 0.25) is 11.7 Å². The highest BCUT2D eigenvalue weighted by atomic mass is 16.5. The largest absolute Gasteiger partial charge is 0.338 e. The van der Waals surface area contributed by atoms with Gasteiger partial charge in [0.15, 0.2) is 0 Å². The minimum absolute atomic E-state index is 0.606. The van der Waals surface area contributed by atoms with E-state index in [0.29, 0.717) is 24.2 Å². The summed E-state index contributed by atoms with van der Waals surface area (Å²) in [4.78, 5) is 8.42. The highest BCUT2D eigenvalue weighted by molar-refractivity contribution is 5.57. The minimum atomic E-state index is 0.606. The Balaban J connectivity index is 2.04. The van der Waals surface area contributed by atoms with E-state index in [9.17, 15) is 0 Å². The monoisotopic (exact) mass is 246 g/mol. The summed E-state index contributed by atoms with van der Waals surface area (Å²) >= 11 is 0. The van der Waals surface area contributed by atoms with Crippen LogP contribution in [0.3, 0.4) is 0 Å². The molecular formula is C13H18N4O. The smallest absolute Gasteiger partial charge is 0.240 e. The van der Waals surface area contributed by atoms with Crippen LogP contribution in [-0.2, 0) is 6.54 Å². The third-order valence-corrected chi connectivity index (χ3v) is 2.56. The molecule has 0 atom stereocenters. The molecule has 0 saturated heterocycles. The van der Waals surface area contributed by atoms with E-state index in [0.717, 1.165) is 17.7 Å². The fourth-order valence-electron chi connectivity index (χ4n) is 1.63. The van der Waals surface area contributed by atoms with Gasteiger partial charge >= 0.3 is 0 Å². The van der Waals surface area contributed by atoms with E-state index in [-0.39, 0.29) is 0 Å². The summed E-state index contributed by atoms with van der Waals surface area (Å²) in [6, 6.07) is 1.89. The summed E-state index contributed by atoms with van der Waals surface area (Å²) in [7, 11) is 0. The second kappa shape index (κ2) is 5.73. The Morgan fingerprint density at radius 3 is 2.94 bits per heavy atom. The van der Waals surface area contributed by atoms with Crippen LogP contribution >= 0.6 is 0 Å². The number of hydrogen-bond donors (Lipinski definition) is 1. The second-order valence-corrected chi connectivity index (χ2v) is 4.73. The van der Waals surface area contributed by atoms with Gasteiger partial charge in [-0.3, -0.25) is 4.98 Å². The molecule has 2 rings (SSSR count). The van der Waals surface area contributed by atoms with Crippen LogP contribution in [-0.4, -0.2) is 21.7 Å². The van der Waals surface area contributed by atoms with Gasteiger partial charge in [0.25, 0.3) is 0 Å². The number of nitrogens with one attached hydrogen (secondary N) is 1. The predicted octanol–water partition coefficient (Wildman–Crippen LogP) is 2.19. The summed E-state index contributed by atoms with van der Waals surface area (Å²) in [5.41, 5.74) is 2.00. The normalized spacial score (nSPS) is 11.1. The summed E-state index contributed by atoms with van der Waals surface area (Å²) in [5, 5.41) is 7.26. The predicted molar refractivity (Wildman–Crippen MR) is 68.8 cm³/mol. The number of aryl methyl sites for hydroxylation is 1. The molecule has 0 aliphatic rings. The third kappa shape index (κ3) is 3.13. The van der Waals surface area contributed by atoms with Gasteiger partial charge in [0.05, 0.1) is 6.54 Å². The second-order valence-electron chi connectivity index (χ2n) is 4.73. The van der Waals surface area contributed by atoms with Gasteiger partial charge in [0.1, 0.15) is 0 Å². The van der Waals surface area contributed by atoms with Gasteiger partial charge in [-0.25, -0.2) is 0 Å². The van der Waals surface area contributed by atoms with E-state index in [1.807, 2.05) is 13.0 Å². The van der Waals surface area contributed by atoms with E-state index in [4.69, 9.17) is 4.52 Å². The maximum Gasteiger partial charge on any atom is 0.240 e. The summed E-state index contributed by atoms with van der Waals surface area (Å²) in [6.45, 7) is 7.84. The molecule has 0 bridgehead atoms. The molecule has 0 aromatic carbocycles. The van der Waals surface area contributed by atoms with Crippen molar-refractivity contribution < 1.29 is 4.52 Å². The molecule has 0 amide bonds. The van der Waals surface area contributed by atoms with Crippen LogP contribution in [0.4, 0.5) is 0 Å². The van der Waals surface area contributed by atoms with Crippen LogP contribution in [0.1, 0.15) is 25.3 Å². The Bertz CT molecular complexity index is 507. The molecule has 1 N–H and O–H groups in total. The van der Waals surface area contributed by atoms with Crippen molar-refractivity contribution in [1.29, 1.82) is 0 Å². The van der Waals surface area contributed by atoms with Crippen molar-refractivity contribution in [3.63, 3.8) is 0 Å². The van der Waals surface area contributed by atoms with Gasteiger partial charge in [-0.05, 0) is 31.0 Å². The maximum atomic E-state index is 5.21. The van der Waals surface area contributed by atoms with Crippen molar-refractivity contribution >= 4 is 0 Å². The van der Waals surface area contributed by atoms with Crippen molar-refractivity contribution in [2.24, 2.45) is 5.92 Å². The first-order chi connectivity index (χ1) is 8.66. The zero-order valence-corrected chi connectivity index (χ0v) is 11.0. The van der Waals surface area contributed by atoms with Crippen LogP contribution in [0.2, 0.25) is 0 Å². The van der Waals surface area contributed by atoms with Crippen molar-refractivity contribution in [2.45, 2.75) is 27.3 Å². The van der Waals surface area contributed by atoms with E-state index >= 15 is 0 Å². The quantitative estimate of drug-likeness (QED) is 0.876. The lowest BCUT2D eigenvalue weighted by Gasteiger charge is -2.03. The molecule has 96 valence electrons. The Labute approximate surface area is 107 Å². The molecule has 5 nitrogen and oxygen atoms in total. The fourth-order valence-corrected chi connectivity index (χ4v) is 1.63. The number of rotatable bonds is 5. The number of nitrogens with zero attached hydrogens (tertiary/aromatic N) is 3. The van der Waals surface area contributed by atoms with Crippen LogP contribution < -0.4 is 5.32 Å². The van der Waals surface area contributed by atoms with Crippen LogP contribution in [0.15, 0.2) is 23.0 Å². The zero-order valence-electron chi connectivity index (χ0n) is 11.0. The highest BCUT2D eigenvalue weighted by Crippen LogP contribution is 2.18. The van der Waals surface area contributed by atoms with Gasteiger partial charge in [0, 0.05) is 18.0 Å². The Morgan fingerprint density at radius 1 is 1.39 bits per heavy atom.